The molecule has 0 radical (unpaired) electrons. The van der Waals surface area contributed by atoms with E-state index in [0.29, 0.717) is 18.5 Å². The summed E-state index contributed by atoms with van der Waals surface area (Å²) in [6.45, 7) is 0.558. The van der Waals surface area contributed by atoms with Gasteiger partial charge in [0.05, 0.1) is 17.3 Å². The standard InChI is InChI=1S/C13H11N3O3/c17-12(10-6-14-15-7-10)16-4-3-8-5-9(13(18)19)1-2-11(8)16/h1-2,5-7H,3-4H2,(H,14,15)(H,18,19). The molecule has 0 aliphatic carbocycles. The van der Waals surface area contributed by atoms with Gasteiger partial charge in [0.15, 0.2) is 0 Å². The molecule has 19 heavy (non-hydrogen) atoms. The summed E-state index contributed by atoms with van der Waals surface area (Å²) in [5.74, 6) is -1.09. The maximum atomic E-state index is 12.2. The van der Waals surface area contributed by atoms with E-state index in [0.717, 1.165) is 11.3 Å². The van der Waals surface area contributed by atoms with Crippen LogP contribution < -0.4 is 4.90 Å². The number of rotatable bonds is 2. The lowest BCUT2D eigenvalue weighted by atomic mass is 10.1. The van der Waals surface area contributed by atoms with Crippen LogP contribution in [-0.4, -0.2) is 33.7 Å². The summed E-state index contributed by atoms with van der Waals surface area (Å²) in [6.07, 6.45) is 3.69. The molecule has 6 nitrogen and oxygen atoms in total. The number of H-pyrrole nitrogens is 1. The van der Waals surface area contributed by atoms with Crippen LogP contribution in [0.2, 0.25) is 0 Å². The van der Waals surface area contributed by atoms with Crippen LogP contribution >= 0.6 is 0 Å². The Balaban J connectivity index is 1.94. The van der Waals surface area contributed by atoms with Gasteiger partial charge in [-0.05, 0) is 30.2 Å². The van der Waals surface area contributed by atoms with Crippen LogP contribution in [-0.2, 0) is 6.42 Å². The quantitative estimate of drug-likeness (QED) is 0.849. The number of nitrogens with one attached hydrogen (secondary N) is 1. The summed E-state index contributed by atoms with van der Waals surface area (Å²) < 4.78 is 0. The number of carboxylic acids is 1. The fourth-order valence-corrected chi connectivity index (χ4v) is 2.27. The van der Waals surface area contributed by atoms with Crippen LogP contribution in [0.5, 0.6) is 0 Å². The van der Waals surface area contributed by atoms with E-state index in [1.165, 1.54) is 12.3 Å². The lowest BCUT2D eigenvalue weighted by Crippen LogP contribution is -2.28. The van der Waals surface area contributed by atoms with E-state index in [9.17, 15) is 9.59 Å². The fourth-order valence-electron chi connectivity index (χ4n) is 2.27. The van der Waals surface area contributed by atoms with Crippen molar-refractivity contribution in [2.45, 2.75) is 6.42 Å². The number of carbonyl (C=O) groups is 2. The van der Waals surface area contributed by atoms with Gasteiger partial charge < -0.3 is 10.0 Å². The van der Waals surface area contributed by atoms with Gasteiger partial charge in [0.1, 0.15) is 0 Å². The average molecular weight is 257 g/mol. The second-order valence-corrected chi connectivity index (χ2v) is 4.34. The highest BCUT2D eigenvalue weighted by atomic mass is 16.4. The molecule has 6 heteroatoms. The molecular formula is C13H11N3O3. The van der Waals surface area contributed by atoms with Crippen molar-refractivity contribution < 1.29 is 14.7 Å². The number of benzene rings is 1. The third-order valence-corrected chi connectivity index (χ3v) is 3.21. The number of hydrogen-bond acceptors (Lipinski definition) is 3. The first kappa shape index (κ1) is 11.5. The number of anilines is 1. The van der Waals surface area contributed by atoms with Gasteiger partial charge in [-0.25, -0.2) is 4.79 Å². The van der Waals surface area contributed by atoms with Crippen LogP contribution in [0.1, 0.15) is 26.3 Å². The molecular weight excluding hydrogens is 246 g/mol. The van der Waals surface area contributed by atoms with Gasteiger partial charge in [0.25, 0.3) is 5.91 Å². The smallest absolute Gasteiger partial charge is 0.335 e. The van der Waals surface area contributed by atoms with Gasteiger partial charge in [-0.1, -0.05) is 0 Å². The van der Waals surface area contributed by atoms with Crippen molar-refractivity contribution in [1.29, 1.82) is 0 Å². The molecule has 1 amide bonds. The van der Waals surface area contributed by atoms with E-state index >= 15 is 0 Å². The predicted octanol–water partition coefficient (Wildman–Crippen LogP) is 1.31. The van der Waals surface area contributed by atoms with Crippen LogP contribution in [0, 0.1) is 0 Å². The molecule has 1 aliphatic rings. The molecule has 0 saturated heterocycles. The molecule has 2 aromatic rings. The largest absolute Gasteiger partial charge is 0.478 e. The second-order valence-electron chi connectivity index (χ2n) is 4.34. The molecule has 0 fully saturated rings. The zero-order valence-corrected chi connectivity index (χ0v) is 9.96. The predicted molar refractivity (Wildman–Crippen MR) is 67.4 cm³/mol. The minimum Gasteiger partial charge on any atom is -0.478 e. The van der Waals surface area contributed by atoms with Crippen molar-refractivity contribution in [3.8, 4) is 0 Å². The van der Waals surface area contributed by atoms with Crippen molar-refractivity contribution in [2.75, 3.05) is 11.4 Å². The third kappa shape index (κ3) is 1.87. The number of nitrogens with zero attached hydrogens (tertiary/aromatic N) is 2. The normalized spacial score (nSPS) is 13.4. The summed E-state index contributed by atoms with van der Waals surface area (Å²) in [6, 6.07) is 4.83. The van der Waals surface area contributed by atoms with E-state index in [2.05, 4.69) is 10.2 Å². The molecule has 0 bridgehead atoms. The fraction of sp³-hybridized carbons (Fsp3) is 0.154. The van der Waals surface area contributed by atoms with Gasteiger partial charge in [0, 0.05) is 18.4 Å². The van der Waals surface area contributed by atoms with Gasteiger partial charge >= 0.3 is 5.97 Å². The number of aromatic carboxylic acids is 1. The van der Waals surface area contributed by atoms with E-state index in [-0.39, 0.29) is 11.5 Å². The van der Waals surface area contributed by atoms with E-state index < -0.39 is 5.97 Å². The van der Waals surface area contributed by atoms with E-state index in [4.69, 9.17) is 5.11 Å². The van der Waals surface area contributed by atoms with Crippen molar-refractivity contribution >= 4 is 17.6 Å². The van der Waals surface area contributed by atoms with Gasteiger partial charge in [0.2, 0.25) is 0 Å². The molecule has 2 N–H and O–H groups in total. The van der Waals surface area contributed by atoms with Gasteiger partial charge in [-0.15, -0.1) is 0 Å². The molecule has 1 aliphatic heterocycles. The number of aromatic amines is 1. The molecule has 3 rings (SSSR count). The van der Waals surface area contributed by atoms with Gasteiger partial charge in [-0.2, -0.15) is 5.10 Å². The van der Waals surface area contributed by atoms with Crippen molar-refractivity contribution in [2.24, 2.45) is 0 Å². The molecule has 1 aromatic heterocycles. The first-order chi connectivity index (χ1) is 9.16. The first-order valence-corrected chi connectivity index (χ1v) is 5.83. The number of hydrogen-bond donors (Lipinski definition) is 2. The number of carbonyl (C=O) groups excluding carboxylic acids is 1. The SMILES string of the molecule is O=C(O)c1ccc2c(c1)CCN2C(=O)c1cn[nH]c1. The highest BCUT2D eigenvalue weighted by molar-refractivity contribution is 6.07. The number of aromatic nitrogens is 2. The van der Waals surface area contributed by atoms with Gasteiger partial charge in [-0.3, -0.25) is 9.89 Å². The Hall–Kier alpha value is -2.63. The highest BCUT2D eigenvalue weighted by Gasteiger charge is 2.26. The number of fused-ring (bicyclic) bond motifs is 1. The minimum absolute atomic E-state index is 0.129. The Kier molecular flexibility index (Phi) is 2.56. The Bertz CT molecular complexity index is 649. The maximum absolute atomic E-state index is 12.2. The summed E-state index contributed by atoms with van der Waals surface area (Å²) in [5.41, 5.74) is 2.40. The highest BCUT2D eigenvalue weighted by Crippen LogP contribution is 2.30. The minimum atomic E-state index is -0.956. The maximum Gasteiger partial charge on any atom is 0.335 e. The topological polar surface area (TPSA) is 86.3 Å². The zero-order chi connectivity index (χ0) is 13.4. The molecule has 0 saturated carbocycles. The lowest BCUT2D eigenvalue weighted by Gasteiger charge is -2.16. The van der Waals surface area contributed by atoms with E-state index in [1.807, 2.05) is 0 Å². The Morgan fingerprint density at radius 1 is 1.32 bits per heavy atom. The monoisotopic (exact) mass is 257 g/mol. The van der Waals surface area contributed by atoms with E-state index in [1.54, 1.807) is 23.2 Å². The summed E-state index contributed by atoms with van der Waals surface area (Å²) in [7, 11) is 0. The summed E-state index contributed by atoms with van der Waals surface area (Å²) in [4.78, 5) is 24.8. The first-order valence-electron chi connectivity index (χ1n) is 5.83. The van der Waals surface area contributed by atoms with Crippen molar-refractivity contribution in [1.82, 2.24) is 10.2 Å². The van der Waals surface area contributed by atoms with Crippen LogP contribution in [0.3, 0.4) is 0 Å². The van der Waals surface area contributed by atoms with Crippen molar-refractivity contribution in [3.05, 3.63) is 47.3 Å². The molecule has 2 heterocycles. The average Bonchev–Trinajstić information content (AvgIpc) is 3.06. The molecule has 0 unspecified atom stereocenters. The summed E-state index contributed by atoms with van der Waals surface area (Å²) in [5, 5.41) is 15.3. The zero-order valence-electron chi connectivity index (χ0n) is 9.96. The number of amides is 1. The molecule has 96 valence electrons. The number of carboxylic acid groups (broad SMARTS) is 1. The molecule has 1 aromatic carbocycles. The third-order valence-electron chi connectivity index (χ3n) is 3.21. The Morgan fingerprint density at radius 2 is 2.16 bits per heavy atom. The van der Waals surface area contributed by atoms with Crippen LogP contribution in [0.4, 0.5) is 5.69 Å². The van der Waals surface area contributed by atoms with Crippen LogP contribution in [0.15, 0.2) is 30.6 Å². The lowest BCUT2D eigenvalue weighted by molar-refractivity contribution is 0.0696. The molecule has 0 atom stereocenters. The Labute approximate surface area is 108 Å². The van der Waals surface area contributed by atoms with Crippen molar-refractivity contribution in [3.63, 3.8) is 0 Å². The molecule has 0 spiro atoms. The van der Waals surface area contributed by atoms with Crippen LogP contribution in [0.25, 0.3) is 0 Å². The summed E-state index contributed by atoms with van der Waals surface area (Å²) >= 11 is 0. The Morgan fingerprint density at radius 3 is 2.84 bits per heavy atom. The second kappa shape index (κ2) is 4.24.